The number of nitrogens with one attached hydrogen (secondary N) is 1. The summed E-state index contributed by atoms with van der Waals surface area (Å²) in [6.07, 6.45) is 0. The minimum Gasteiger partial charge on any atom is -0.494 e. The summed E-state index contributed by atoms with van der Waals surface area (Å²) in [5.74, 6) is 0.573. The van der Waals surface area contributed by atoms with Gasteiger partial charge in [-0.05, 0) is 55.5 Å². The number of primary sulfonamides is 1. The van der Waals surface area contributed by atoms with Gasteiger partial charge >= 0.3 is 0 Å². The molecule has 0 aromatic heterocycles. The second-order valence-corrected chi connectivity index (χ2v) is 7.82. The lowest BCUT2D eigenvalue weighted by molar-refractivity contribution is 0.340. The number of hydrogen-bond acceptors (Lipinski definition) is 5. The minimum absolute atomic E-state index is 0.0662. The van der Waals surface area contributed by atoms with Gasteiger partial charge in [0, 0.05) is 5.69 Å². The highest BCUT2D eigenvalue weighted by atomic mass is 32.2. The molecule has 0 amide bonds. The van der Waals surface area contributed by atoms with Gasteiger partial charge in [-0.2, -0.15) is 0 Å². The maximum absolute atomic E-state index is 12.3. The Morgan fingerprint density at radius 3 is 1.91 bits per heavy atom. The van der Waals surface area contributed by atoms with Crippen LogP contribution in [0.4, 0.5) is 5.69 Å². The van der Waals surface area contributed by atoms with Gasteiger partial charge in [0.25, 0.3) is 10.0 Å². The van der Waals surface area contributed by atoms with Crippen molar-refractivity contribution in [2.45, 2.75) is 16.7 Å². The highest BCUT2D eigenvalue weighted by molar-refractivity contribution is 7.92. The smallest absolute Gasteiger partial charge is 0.261 e. The van der Waals surface area contributed by atoms with Crippen molar-refractivity contribution in [1.82, 2.24) is 0 Å². The molecule has 0 saturated carbocycles. The average molecular weight is 356 g/mol. The first kappa shape index (κ1) is 17.3. The molecule has 0 spiro atoms. The molecule has 2 rings (SSSR count). The molecule has 0 aliphatic carbocycles. The summed E-state index contributed by atoms with van der Waals surface area (Å²) in [6, 6.07) is 11.1. The first-order valence-electron chi connectivity index (χ1n) is 6.61. The number of anilines is 1. The molecule has 0 radical (unpaired) electrons. The number of benzene rings is 2. The molecule has 0 aliphatic rings. The van der Waals surface area contributed by atoms with E-state index in [0.29, 0.717) is 12.4 Å². The Balaban J connectivity index is 2.20. The third-order valence-corrected chi connectivity index (χ3v) is 5.21. The highest BCUT2D eigenvalue weighted by Gasteiger charge is 2.15. The van der Waals surface area contributed by atoms with Crippen molar-refractivity contribution < 1.29 is 21.6 Å². The van der Waals surface area contributed by atoms with Crippen LogP contribution in [0.1, 0.15) is 6.92 Å². The summed E-state index contributed by atoms with van der Waals surface area (Å²) < 4.78 is 54.5. The number of rotatable bonds is 6. The van der Waals surface area contributed by atoms with Crippen molar-refractivity contribution in [2.24, 2.45) is 5.14 Å². The van der Waals surface area contributed by atoms with Gasteiger partial charge in [-0.15, -0.1) is 0 Å². The molecule has 0 aliphatic heterocycles. The Kier molecular flexibility index (Phi) is 4.93. The molecule has 0 bridgehead atoms. The summed E-state index contributed by atoms with van der Waals surface area (Å²) in [7, 11) is -7.60. The Hall–Kier alpha value is -2.10. The average Bonchev–Trinajstić information content (AvgIpc) is 2.47. The van der Waals surface area contributed by atoms with Crippen molar-refractivity contribution in [3.8, 4) is 5.75 Å². The maximum atomic E-state index is 12.3. The molecule has 0 atom stereocenters. The molecule has 0 fully saturated rings. The largest absolute Gasteiger partial charge is 0.494 e. The van der Waals surface area contributed by atoms with Crippen molar-refractivity contribution in [2.75, 3.05) is 11.3 Å². The number of sulfonamides is 2. The summed E-state index contributed by atoms with van der Waals surface area (Å²) in [6.45, 7) is 2.32. The Bertz CT molecular complexity index is 874. The van der Waals surface area contributed by atoms with E-state index in [1.54, 1.807) is 12.1 Å². The normalized spacial score (nSPS) is 11.9. The van der Waals surface area contributed by atoms with E-state index in [1.807, 2.05) is 6.92 Å². The van der Waals surface area contributed by atoms with Gasteiger partial charge in [0.2, 0.25) is 10.0 Å². The first-order valence-corrected chi connectivity index (χ1v) is 9.64. The lowest BCUT2D eigenvalue weighted by Gasteiger charge is -2.09. The Morgan fingerprint density at radius 1 is 0.913 bits per heavy atom. The second kappa shape index (κ2) is 6.57. The van der Waals surface area contributed by atoms with Gasteiger partial charge in [0.15, 0.2) is 0 Å². The van der Waals surface area contributed by atoms with Crippen LogP contribution in [0.15, 0.2) is 58.3 Å². The van der Waals surface area contributed by atoms with Crippen molar-refractivity contribution in [1.29, 1.82) is 0 Å². The maximum Gasteiger partial charge on any atom is 0.261 e. The van der Waals surface area contributed by atoms with Gasteiger partial charge < -0.3 is 4.74 Å². The summed E-state index contributed by atoms with van der Waals surface area (Å²) in [4.78, 5) is -0.0296. The Labute approximate surface area is 135 Å². The molecular weight excluding hydrogens is 340 g/mol. The number of nitrogens with two attached hydrogens (primary N) is 1. The van der Waals surface area contributed by atoms with Crippen LogP contribution in [0.3, 0.4) is 0 Å². The van der Waals surface area contributed by atoms with Crippen molar-refractivity contribution in [3.63, 3.8) is 0 Å². The molecule has 2 aromatic carbocycles. The van der Waals surface area contributed by atoms with E-state index in [4.69, 9.17) is 9.88 Å². The molecule has 0 heterocycles. The molecule has 0 unspecified atom stereocenters. The van der Waals surface area contributed by atoms with E-state index in [1.165, 1.54) is 36.4 Å². The second-order valence-electron chi connectivity index (χ2n) is 4.58. The first-order chi connectivity index (χ1) is 10.7. The van der Waals surface area contributed by atoms with E-state index in [0.717, 1.165) is 0 Å². The molecule has 124 valence electrons. The van der Waals surface area contributed by atoms with Gasteiger partial charge in [-0.3, -0.25) is 4.72 Å². The van der Waals surface area contributed by atoms with Gasteiger partial charge in [-0.1, -0.05) is 0 Å². The number of hydrogen-bond donors (Lipinski definition) is 2. The lowest BCUT2D eigenvalue weighted by atomic mass is 10.3. The summed E-state index contributed by atoms with van der Waals surface area (Å²) in [5.41, 5.74) is 0.228. The fourth-order valence-corrected chi connectivity index (χ4v) is 3.38. The molecular formula is C14H16N2O5S2. The molecule has 7 nitrogen and oxygen atoms in total. The van der Waals surface area contributed by atoms with Crippen LogP contribution in [-0.2, 0) is 20.0 Å². The van der Waals surface area contributed by atoms with Crippen LogP contribution < -0.4 is 14.6 Å². The van der Waals surface area contributed by atoms with Crippen LogP contribution in [0.2, 0.25) is 0 Å². The zero-order valence-electron chi connectivity index (χ0n) is 12.3. The van der Waals surface area contributed by atoms with E-state index >= 15 is 0 Å². The predicted molar refractivity (Wildman–Crippen MR) is 86.2 cm³/mol. The Morgan fingerprint density at radius 2 is 1.43 bits per heavy atom. The summed E-state index contributed by atoms with van der Waals surface area (Å²) >= 11 is 0. The van der Waals surface area contributed by atoms with Crippen molar-refractivity contribution >= 4 is 25.7 Å². The third kappa shape index (κ3) is 4.44. The third-order valence-electron chi connectivity index (χ3n) is 2.88. The number of ether oxygens (including phenoxy) is 1. The minimum atomic E-state index is -3.82. The fraction of sp³-hybridized carbons (Fsp3) is 0.143. The predicted octanol–water partition coefficient (Wildman–Crippen LogP) is 1.53. The monoisotopic (exact) mass is 356 g/mol. The van der Waals surface area contributed by atoms with E-state index in [2.05, 4.69) is 4.72 Å². The van der Waals surface area contributed by atoms with Crippen LogP contribution >= 0.6 is 0 Å². The molecule has 2 aromatic rings. The highest BCUT2D eigenvalue weighted by Crippen LogP contribution is 2.20. The fourth-order valence-electron chi connectivity index (χ4n) is 1.81. The molecule has 23 heavy (non-hydrogen) atoms. The zero-order valence-corrected chi connectivity index (χ0v) is 13.9. The van der Waals surface area contributed by atoms with Crippen LogP contribution in [0.5, 0.6) is 5.75 Å². The topological polar surface area (TPSA) is 116 Å². The molecule has 0 saturated heterocycles. The van der Waals surface area contributed by atoms with Crippen molar-refractivity contribution in [3.05, 3.63) is 48.5 Å². The van der Waals surface area contributed by atoms with Gasteiger partial charge in [0.05, 0.1) is 16.4 Å². The standard InChI is InChI=1S/C14H16N2O5S2/c1-2-21-12-5-9-14(10-6-12)23(19,20)16-11-3-7-13(8-4-11)22(15,17)18/h3-10,16H,2H2,1H3,(H2,15,17,18). The van der Waals surface area contributed by atoms with Gasteiger partial charge in [-0.25, -0.2) is 22.0 Å². The molecule has 3 N–H and O–H groups in total. The van der Waals surface area contributed by atoms with E-state index in [-0.39, 0.29) is 15.5 Å². The zero-order chi connectivity index (χ0) is 17.1. The summed E-state index contributed by atoms with van der Waals surface area (Å²) in [5, 5.41) is 4.99. The lowest BCUT2D eigenvalue weighted by Crippen LogP contribution is -2.14. The molecule has 9 heteroatoms. The van der Waals surface area contributed by atoms with Gasteiger partial charge in [0.1, 0.15) is 5.75 Å². The van der Waals surface area contributed by atoms with E-state index in [9.17, 15) is 16.8 Å². The van der Waals surface area contributed by atoms with Crippen LogP contribution in [-0.4, -0.2) is 23.4 Å². The van der Waals surface area contributed by atoms with E-state index < -0.39 is 20.0 Å². The SMILES string of the molecule is CCOc1ccc(S(=O)(=O)Nc2ccc(S(N)(=O)=O)cc2)cc1. The van der Waals surface area contributed by atoms with Crippen LogP contribution in [0, 0.1) is 0 Å². The van der Waals surface area contributed by atoms with Crippen LogP contribution in [0.25, 0.3) is 0 Å². The quantitative estimate of drug-likeness (QED) is 0.814.